The lowest BCUT2D eigenvalue weighted by Gasteiger charge is -2.17. The number of allylic oxidation sites excluding steroid dienone is 8. The first-order valence-corrected chi connectivity index (χ1v) is 19.6. The summed E-state index contributed by atoms with van der Waals surface area (Å²) in [5.41, 5.74) is 0. The van der Waals surface area contributed by atoms with Crippen molar-refractivity contribution in [3.8, 4) is 0 Å². The van der Waals surface area contributed by atoms with Gasteiger partial charge in [-0.15, -0.1) is 0 Å². The molecule has 0 aliphatic rings. The summed E-state index contributed by atoms with van der Waals surface area (Å²) >= 11 is 0. The Hall–Kier alpha value is -2.14. The van der Waals surface area contributed by atoms with Crippen molar-refractivity contribution in [2.24, 2.45) is 0 Å². The van der Waals surface area contributed by atoms with Gasteiger partial charge in [-0.2, -0.15) is 0 Å². The Bertz CT molecular complexity index is 797. The Morgan fingerprint density at radius 1 is 0.468 bits per heavy atom. The summed E-state index contributed by atoms with van der Waals surface area (Å²) < 4.78 is 16.1. The number of carbonyl (C=O) groups excluding carboxylic acids is 2. The lowest BCUT2D eigenvalue weighted by atomic mass is 10.0. The molecule has 0 spiro atoms. The number of esters is 2. The molecule has 0 saturated carbocycles. The van der Waals surface area contributed by atoms with E-state index in [4.69, 9.17) is 14.2 Å². The third kappa shape index (κ3) is 36.5. The van der Waals surface area contributed by atoms with Crippen molar-refractivity contribution < 1.29 is 23.8 Å². The van der Waals surface area contributed by atoms with E-state index < -0.39 is 6.10 Å². The van der Waals surface area contributed by atoms with Gasteiger partial charge in [0.1, 0.15) is 6.61 Å². The Morgan fingerprint density at radius 3 is 1.36 bits per heavy atom. The standard InChI is InChI=1S/C42H74O5/c1-4-6-8-10-12-14-16-18-20-21-23-25-27-29-31-33-35-37-42(44)47-40(38-45-3)39-46-41(43)36-34-32-30-28-26-24-22-19-17-15-13-11-9-7-5-2/h12,14,18,20,23,25,29,31,40H,4-11,13,15-17,19,21-22,24,26-28,30,32-39H2,1-3H3/b14-12-,20-18-,25-23-,31-29-. The Balaban J connectivity index is 3.76. The largest absolute Gasteiger partial charge is 0.462 e. The highest BCUT2D eigenvalue weighted by Gasteiger charge is 2.16. The fourth-order valence-electron chi connectivity index (χ4n) is 5.37. The zero-order valence-electron chi connectivity index (χ0n) is 31.0. The molecule has 0 aromatic rings. The van der Waals surface area contributed by atoms with Crippen molar-refractivity contribution in [3.63, 3.8) is 0 Å². The molecular formula is C42H74O5. The van der Waals surface area contributed by atoms with Crippen LogP contribution in [0.4, 0.5) is 0 Å². The van der Waals surface area contributed by atoms with E-state index in [0.29, 0.717) is 12.8 Å². The summed E-state index contributed by atoms with van der Waals surface area (Å²) in [6.45, 7) is 4.78. The van der Waals surface area contributed by atoms with Crippen molar-refractivity contribution in [2.45, 2.75) is 187 Å². The van der Waals surface area contributed by atoms with Crippen LogP contribution in [0, 0.1) is 0 Å². The van der Waals surface area contributed by atoms with E-state index in [-0.39, 0.29) is 25.2 Å². The lowest BCUT2D eigenvalue weighted by Crippen LogP contribution is -2.29. The molecule has 0 aliphatic heterocycles. The molecule has 0 fully saturated rings. The second-order valence-corrected chi connectivity index (χ2v) is 12.9. The molecule has 0 bridgehead atoms. The average molecular weight is 659 g/mol. The molecule has 47 heavy (non-hydrogen) atoms. The van der Waals surface area contributed by atoms with E-state index in [1.54, 1.807) is 7.11 Å². The fraction of sp³-hybridized carbons (Fsp3) is 0.762. The maximum absolute atomic E-state index is 12.3. The summed E-state index contributed by atoms with van der Waals surface area (Å²) in [4.78, 5) is 24.5. The van der Waals surface area contributed by atoms with Crippen LogP contribution in [0.5, 0.6) is 0 Å². The molecule has 0 saturated heterocycles. The number of ether oxygens (including phenoxy) is 3. The first-order valence-electron chi connectivity index (χ1n) is 19.6. The molecule has 1 atom stereocenters. The molecule has 0 aliphatic carbocycles. The van der Waals surface area contributed by atoms with Gasteiger partial charge in [-0.3, -0.25) is 9.59 Å². The first-order chi connectivity index (χ1) is 23.1. The molecule has 0 aromatic carbocycles. The summed E-state index contributed by atoms with van der Waals surface area (Å²) in [6.07, 6.45) is 46.8. The van der Waals surface area contributed by atoms with Crippen molar-refractivity contribution in [3.05, 3.63) is 48.6 Å². The maximum atomic E-state index is 12.3. The summed E-state index contributed by atoms with van der Waals surface area (Å²) in [7, 11) is 1.56. The second-order valence-electron chi connectivity index (χ2n) is 12.9. The monoisotopic (exact) mass is 659 g/mol. The molecule has 5 nitrogen and oxygen atoms in total. The van der Waals surface area contributed by atoms with Gasteiger partial charge in [-0.05, 0) is 51.4 Å². The van der Waals surface area contributed by atoms with Gasteiger partial charge in [0.15, 0.2) is 6.10 Å². The third-order valence-electron chi connectivity index (χ3n) is 8.27. The summed E-state index contributed by atoms with van der Waals surface area (Å²) in [6, 6.07) is 0. The van der Waals surface area contributed by atoms with Crippen LogP contribution < -0.4 is 0 Å². The van der Waals surface area contributed by atoms with Gasteiger partial charge in [0.05, 0.1) is 6.61 Å². The van der Waals surface area contributed by atoms with Crippen LogP contribution in [0.2, 0.25) is 0 Å². The Kier molecular flexibility index (Phi) is 36.6. The van der Waals surface area contributed by atoms with Gasteiger partial charge in [0.2, 0.25) is 0 Å². The minimum absolute atomic E-state index is 0.0499. The number of hydrogen-bond donors (Lipinski definition) is 0. The second kappa shape index (κ2) is 38.3. The predicted molar refractivity (Wildman–Crippen MR) is 201 cm³/mol. The highest BCUT2D eigenvalue weighted by molar-refractivity contribution is 5.70. The number of carbonyl (C=O) groups is 2. The van der Waals surface area contributed by atoms with Crippen molar-refractivity contribution in [1.29, 1.82) is 0 Å². The first kappa shape index (κ1) is 44.9. The van der Waals surface area contributed by atoms with Gasteiger partial charge in [0, 0.05) is 20.0 Å². The van der Waals surface area contributed by atoms with E-state index in [9.17, 15) is 9.59 Å². The van der Waals surface area contributed by atoms with Crippen LogP contribution >= 0.6 is 0 Å². The summed E-state index contributed by atoms with van der Waals surface area (Å²) in [5.74, 6) is -0.501. The number of hydrogen-bond acceptors (Lipinski definition) is 5. The van der Waals surface area contributed by atoms with Crippen LogP contribution in [0.25, 0.3) is 0 Å². The predicted octanol–water partition coefficient (Wildman–Crippen LogP) is 12.5. The molecule has 0 amide bonds. The Labute approximate surface area is 291 Å². The molecule has 0 N–H and O–H groups in total. The van der Waals surface area contributed by atoms with E-state index in [2.05, 4.69) is 62.5 Å². The van der Waals surface area contributed by atoms with E-state index in [1.165, 1.54) is 109 Å². The average Bonchev–Trinajstić information content (AvgIpc) is 3.07. The quantitative estimate of drug-likeness (QED) is 0.0385. The van der Waals surface area contributed by atoms with Crippen LogP contribution in [0.3, 0.4) is 0 Å². The molecule has 0 aromatic heterocycles. The Morgan fingerprint density at radius 2 is 0.872 bits per heavy atom. The van der Waals surface area contributed by atoms with Crippen molar-refractivity contribution >= 4 is 11.9 Å². The smallest absolute Gasteiger partial charge is 0.306 e. The van der Waals surface area contributed by atoms with Gasteiger partial charge in [-0.25, -0.2) is 0 Å². The number of unbranched alkanes of at least 4 members (excludes halogenated alkanes) is 18. The van der Waals surface area contributed by atoms with Crippen molar-refractivity contribution in [1.82, 2.24) is 0 Å². The zero-order chi connectivity index (χ0) is 34.3. The third-order valence-corrected chi connectivity index (χ3v) is 8.27. The minimum Gasteiger partial charge on any atom is -0.462 e. The van der Waals surface area contributed by atoms with Crippen LogP contribution in [-0.4, -0.2) is 38.4 Å². The highest BCUT2D eigenvalue weighted by Crippen LogP contribution is 2.14. The molecule has 0 radical (unpaired) electrons. The van der Waals surface area contributed by atoms with Gasteiger partial charge >= 0.3 is 11.9 Å². The normalized spacial score (nSPS) is 12.7. The van der Waals surface area contributed by atoms with Crippen LogP contribution in [0.15, 0.2) is 48.6 Å². The molecule has 0 rings (SSSR count). The van der Waals surface area contributed by atoms with Crippen molar-refractivity contribution in [2.75, 3.05) is 20.3 Å². The van der Waals surface area contributed by atoms with Gasteiger partial charge in [0.25, 0.3) is 0 Å². The van der Waals surface area contributed by atoms with E-state index in [0.717, 1.165) is 44.9 Å². The topological polar surface area (TPSA) is 61.8 Å². The number of methoxy groups -OCH3 is 1. The maximum Gasteiger partial charge on any atom is 0.306 e. The van der Waals surface area contributed by atoms with E-state index >= 15 is 0 Å². The van der Waals surface area contributed by atoms with Gasteiger partial charge < -0.3 is 14.2 Å². The fourth-order valence-corrected chi connectivity index (χ4v) is 5.37. The number of rotatable bonds is 35. The highest BCUT2D eigenvalue weighted by atomic mass is 16.6. The van der Waals surface area contributed by atoms with E-state index in [1.807, 2.05) is 0 Å². The van der Waals surface area contributed by atoms with Gasteiger partial charge in [-0.1, -0.05) is 165 Å². The van der Waals surface area contributed by atoms with Crippen LogP contribution in [0.1, 0.15) is 181 Å². The molecular weight excluding hydrogens is 584 g/mol. The SMILES string of the molecule is CCCCC/C=C\C/C=C\C/C=C\C/C=C\CCCC(=O)OC(COC)COC(=O)CCCCCCCCCCCCCCCCC. The summed E-state index contributed by atoms with van der Waals surface area (Å²) in [5, 5.41) is 0. The lowest BCUT2D eigenvalue weighted by molar-refractivity contribution is -0.162. The molecule has 1 unspecified atom stereocenters. The molecule has 5 heteroatoms. The minimum atomic E-state index is -0.561. The zero-order valence-corrected chi connectivity index (χ0v) is 31.0. The molecule has 0 heterocycles. The van der Waals surface area contributed by atoms with Crippen LogP contribution in [-0.2, 0) is 23.8 Å². The molecule has 272 valence electrons.